The molecule has 0 aliphatic rings. The van der Waals surface area contributed by atoms with Gasteiger partial charge in [0.05, 0.1) is 43.8 Å². The second-order valence-electron chi connectivity index (χ2n) is 22.2. The molecular weight excluding hydrogens is 1370 g/mol. The molecule has 0 atom stereocenters. The van der Waals surface area contributed by atoms with Crippen LogP contribution in [0, 0.1) is 27.7 Å². The number of ether oxygens (including phenoxy) is 2. The van der Waals surface area contributed by atoms with E-state index < -0.39 is 66.1 Å². The van der Waals surface area contributed by atoms with Crippen molar-refractivity contribution >= 4 is 77.5 Å². The summed E-state index contributed by atoms with van der Waals surface area (Å²) < 4.78 is 164. The highest BCUT2D eigenvalue weighted by atomic mass is 32.2. The van der Waals surface area contributed by atoms with Gasteiger partial charge in [-0.3, -0.25) is 9.44 Å². The Hall–Kier alpha value is -7.83. The molecule has 0 saturated carbocycles. The second-order valence-corrected chi connectivity index (χ2v) is 32.3. The molecule has 27 heteroatoms. The molecule has 0 unspecified atom stereocenters. The van der Waals surface area contributed by atoms with Gasteiger partial charge in [-0.2, -0.15) is 0 Å². The molecule has 21 nitrogen and oxygen atoms in total. The van der Waals surface area contributed by atoms with Crippen LogP contribution >= 0.6 is 0 Å². The van der Waals surface area contributed by atoms with Crippen molar-refractivity contribution in [1.82, 2.24) is 14.2 Å². The largest absolute Gasteiger partial charge is 0.495 e. The lowest BCUT2D eigenvalue weighted by Crippen LogP contribution is -2.30. The first kappa shape index (κ1) is 84.4. The molecule has 534 valence electrons. The fourth-order valence-corrected chi connectivity index (χ4v) is 15.5. The van der Waals surface area contributed by atoms with Crippen molar-refractivity contribution in [2.24, 2.45) is 5.14 Å². The van der Waals surface area contributed by atoms with Crippen LogP contribution in [0.15, 0.2) is 236 Å². The Balaban J connectivity index is 0.000000308. The number of aryl methyl sites for hydroxylation is 4. The highest BCUT2D eigenvalue weighted by Crippen LogP contribution is 2.26. The number of nitrogens with two attached hydrogens (primary N) is 1. The van der Waals surface area contributed by atoms with E-state index >= 15 is 0 Å². The molecule has 0 aromatic heterocycles. The Kier molecular flexibility index (Phi) is 36.3. The molecule has 8 aromatic carbocycles. The maximum absolute atomic E-state index is 12.2. The molecule has 0 fully saturated rings. The molecule has 0 heterocycles. The Morgan fingerprint density at radius 2 is 0.806 bits per heavy atom. The molecule has 0 radical (unpaired) electrons. The average Bonchev–Trinajstić information content (AvgIpc) is 0.843. The summed E-state index contributed by atoms with van der Waals surface area (Å²) in [7, 11) is -19.4. The minimum absolute atomic E-state index is 0.0198. The summed E-state index contributed by atoms with van der Waals surface area (Å²) in [5, 5.41) is 4.98. The molecule has 0 aliphatic heterocycles. The maximum atomic E-state index is 12.2. The second kappa shape index (κ2) is 42.2. The van der Waals surface area contributed by atoms with Crippen molar-refractivity contribution in [3.8, 4) is 5.75 Å². The Bertz CT molecular complexity index is 4420. The van der Waals surface area contributed by atoms with Crippen LogP contribution in [0.5, 0.6) is 5.75 Å². The van der Waals surface area contributed by atoms with Crippen LogP contribution in [0.1, 0.15) is 119 Å². The zero-order chi connectivity index (χ0) is 73.0. The first-order valence-electron chi connectivity index (χ1n) is 31.6. The van der Waals surface area contributed by atoms with Crippen molar-refractivity contribution < 1.29 is 64.8 Å². The number of para-hydroxylation sites is 3. The third-order valence-corrected chi connectivity index (χ3v) is 22.4. The van der Waals surface area contributed by atoms with Crippen LogP contribution in [-0.2, 0) is 64.9 Å². The number of esters is 1. The SMILES string of the molecule is CCCCCCCOC(=O)c1ccc(S(N)(=O)=O)cc1.CCCCNS(=O)(=O)c1ccc(C)cc1.CCCNS(=O)(=O)c1ccccc1C.COc1ccccc1S(=O)(=O)Nc1ccccc1.Cc1ccccc1S(=O)(=O)NC(C)C.Cc1ccccc1S(=O)(=O)Nc1ccccc1. The number of methoxy groups -OCH3 is 1. The van der Waals surface area contributed by atoms with Crippen molar-refractivity contribution in [1.29, 1.82) is 0 Å². The number of hydrogen-bond donors (Lipinski definition) is 6. The van der Waals surface area contributed by atoms with E-state index in [1.54, 1.807) is 180 Å². The monoisotopic (exact) mass is 1460 g/mol. The number of nitrogens with one attached hydrogen (secondary N) is 5. The number of benzene rings is 8. The third kappa shape index (κ3) is 30.5. The van der Waals surface area contributed by atoms with E-state index in [1.807, 2.05) is 51.1 Å². The fraction of sp³-hybridized carbons (Fsp3) is 0.310. The van der Waals surface area contributed by atoms with Crippen LogP contribution in [0.3, 0.4) is 0 Å². The van der Waals surface area contributed by atoms with E-state index in [1.165, 1.54) is 50.3 Å². The number of sulfonamides is 6. The highest BCUT2D eigenvalue weighted by Gasteiger charge is 2.21. The van der Waals surface area contributed by atoms with Gasteiger partial charge in [0.15, 0.2) is 0 Å². The Labute approximate surface area is 582 Å². The lowest BCUT2D eigenvalue weighted by Gasteiger charge is -2.11. The minimum atomic E-state index is -3.73. The number of carbonyl (C=O) groups excluding carboxylic acids is 1. The molecule has 0 aliphatic carbocycles. The molecule has 98 heavy (non-hydrogen) atoms. The van der Waals surface area contributed by atoms with Gasteiger partial charge >= 0.3 is 5.97 Å². The number of rotatable bonds is 27. The van der Waals surface area contributed by atoms with Crippen LogP contribution < -0.4 is 33.5 Å². The summed E-state index contributed by atoms with van der Waals surface area (Å²) in [6, 6.07) is 57.1. The number of anilines is 2. The minimum Gasteiger partial charge on any atom is -0.495 e. The zero-order valence-corrected chi connectivity index (χ0v) is 62.0. The van der Waals surface area contributed by atoms with E-state index in [0.717, 1.165) is 60.8 Å². The molecule has 8 rings (SSSR count). The lowest BCUT2D eigenvalue weighted by molar-refractivity contribution is 0.0497. The summed E-state index contributed by atoms with van der Waals surface area (Å²) in [5.74, 6) is -0.123. The standard InChI is InChI=1S/C14H21NO4S.C13H13NO3S.C13H13NO2S.C11H17NO2S.2C10H15NO2S/c1-2-3-4-5-6-11-19-14(16)12-7-9-13(10-8-12)20(15,17)18;1-17-12-9-5-6-10-13(12)18(15,16)14-11-7-3-2-4-8-11;1-11-7-5-6-10-13(11)17(15,16)14-12-8-3-2-4-9-12;1-3-4-9-12-15(13,14)11-7-5-10(2)6-8-11;1-8(2)11-14(12,13)10-7-5-4-6-9(10)3;1-3-8-11-14(12,13)10-7-5-4-6-9(10)2/h7-10H,2-6,11H2,1H3,(H2,15,17,18);2-10,14H,1H3;2-10,14H,1H3;5-8,12H,3-4,9H2,1-2H3;4-8,11H,1-3H3;4-7,11H,3,8H2,1-2H3. The first-order chi connectivity index (χ1) is 46.2. The molecule has 0 bridgehead atoms. The van der Waals surface area contributed by atoms with E-state index in [2.05, 4.69) is 30.5 Å². The van der Waals surface area contributed by atoms with Gasteiger partial charge in [-0.05, 0) is 168 Å². The van der Waals surface area contributed by atoms with Crippen LogP contribution in [0.25, 0.3) is 0 Å². The fourth-order valence-electron chi connectivity index (χ4n) is 8.45. The maximum Gasteiger partial charge on any atom is 0.338 e. The van der Waals surface area contributed by atoms with Gasteiger partial charge < -0.3 is 9.47 Å². The predicted molar refractivity (Wildman–Crippen MR) is 390 cm³/mol. The zero-order valence-electron chi connectivity index (χ0n) is 57.1. The van der Waals surface area contributed by atoms with Gasteiger partial charge in [-0.15, -0.1) is 0 Å². The number of hydrogen-bond acceptors (Lipinski definition) is 15. The Morgan fingerprint density at radius 1 is 0.408 bits per heavy atom. The summed E-state index contributed by atoms with van der Waals surface area (Å²) >= 11 is 0. The first-order valence-corrected chi connectivity index (χ1v) is 40.5. The molecule has 8 aromatic rings. The van der Waals surface area contributed by atoms with Crippen molar-refractivity contribution in [3.05, 3.63) is 234 Å². The topological polar surface area (TPSA) is 327 Å². The smallest absolute Gasteiger partial charge is 0.338 e. The third-order valence-electron chi connectivity index (χ3n) is 13.5. The predicted octanol–water partition coefficient (Wildman–Crippen LogP) is 13.2. The number of primary sulfonamides is 1. The van der Waals surface area contributed by atoms with Gasteiger partial charge in [0.2, 0.25) is 40.1 Å². The summed E-state index contributed by atoms with van der Waals surface area (Å²) in [6.45, 7) is 18.4. The molecule has 0 spiro atoms. The van der Waals surface area contributed by atoms with Gasteiger partial charge in [0, 0.05) is 30.5 Å². The number of unbranched alkanes of at least 4 members (excludes halogenated alkanes) is 5. The number of carbonyl (C=O) groups is 1. The molecule has 0 amide bonds. The van der Waals surface area contributed by atoms with Crippen LogP contribution in [0.4, 0.5) is 11.4 Å². The van der Waals surface area contributed by atoms with Gasteiger partial charge in [0.25, 0.3) is 20.0 Å². The van der Waals surface area contributed by atoms with E-state index in [-0.39, 0.29) is 15.8 Å². The normalized spacial score (nSPS) is 11.4. The van der Waals surface area contributed by atoms with Crippen molar-refractivity contribution in [2.75, 3.05) is 36.3 Å². The molecule has 0 saturated heterocycles. The quantitative estimate of drug-likeness (QED) is 0.0206. The van der Waals surface area contributed by atoms with Crippen molar-refractivity contribution in [3.63, 3.8) is 0 Å². The van der Waals surface area contributed by atoms with Crippen molar-refractivity contribution in [2.45, 2.75) is 149 Å². The Morgan fingerprint density at radius 3 is 1.24 bits per heavy atom. The highest BCUT2D eigenvalue weighted by molar-refractivity contribution is 7.93. The average molecular weight is 1460 g/mol. The lowest BCUT2D eigenvalue weighted by atomic mass is 10.2. The van der Waals surface area contributed by atoms with E-state index in [9.17, 15) is 55.3 Å². The van der Waals surface area contributed by atoms with Crippen LogP contribution in [-0.4, -0.2) is 89.3 Å². The van der Waals surface area contributed by atoms with Gasteiger partial charge in [-0.1, -0.05) is 174 Å². The van der Waals surface area contributed by atoms with Gasteiger partial charge in [-0.25, -0.2) is 74.6 Å². The van der Waals surface area contributed by atoms with Gasteiger partial charge in [0.1, 0.15) is 10.6 Å². The summed E-state index contributed by atoms with van der Waals surface area (Å²) in [6.07, 6.45) is 8.06. The molecule has 7 N–H and O–H groups in total. The van der Waals surface area contributed by atoms with E-state index in [4.69, 9.17) is 14.6 Å². The summed E-state index contributed by atoms with van der Waals surface area (Å²) in [5.41, 5.74) is 4.74. The van der Waals surface area contributed by atoms with E-state index in [0.29, 0.717) is 62.0 Å². The molecular formula is C71H94N6O15S6. The summed E-state index contributed by atoms with van der Waals surface area (Å²) in [4.78, 5) is 13.2. The van der Waals surface area contributed by atoms with Crippen LogP contribution in [0.2, 0.25) is 0 Å².